The van der Waals surface area contributed by atoms with Crippen LogP contribution in [0.5, 0.6) is 5.75 Å². The molecule has 1 aliphatic heterocycles. The predicted octanol–water partition coefficient (Wildman–Crippen LogP) is 1.64. The van der Waals surface area contributed by atoms with E-state index in [0.717, 1.165) is 12.8 Å². The van der Waals surface area contributed by atoms with Gasteiger partial charge in [0.2, 0.25) is 0 Å². The molecule has 1 heterocycles. The van der Waals surface area contributed by atoms with Gasteiger partial charge in [-0.05, 0) is 55.4 Å². The number of fused-ring (bicyclic) bond motifs is 1. The van der Waals surface area contributed by atoms with Crippen molar-refractivity contribution >= 4 is 15.7 Å². The van der Waals surface area contributed by atoms with Crippen LogP contribution in [0.2, 0.25) is 0 Å². The SMILES string of the molecule is CCC(Oc1ccc2c(c1)CCC2)C(=O)NC1CCS(=O)(=O)C1. The maximum Gasteiger partial charge on any atom is 0.261 e. The van der Waals surface area contributed by atoms with Crippen molar-refractivity contribution < 1.29 is 17.9 Å². The summed E-state index contributed by atoms with van der Waals surface area (Å²) in [4.78, 5) is 12.3. The van der Waals surface area contributed by atoms with Crippen molar-refractivity contribution in [1.82, 2.24) is 5.32 Å². The Morgan fingerprint density at radius 1 is 1.35 bits per heavy atom. The van der Waals surface area contributed by atoms with Gasteiger partial charge in [0.05, 0.1) is 11.5 Å². The molecular weight excluding hydrogens is 314 g/mol. The molecule has 0 spiro atoms. The number of hydrogen-bond donors (Lipinski definition) is 1. The minimum absolute atomic E-state index is 0.0357. The van der Waals surface area contributed by atoms with Gasteiger partial charge in [0.15, 0.2) is 15.9 Å². The molecule has 1 N–H and O–H groups in total. The van der Waals surface area contributed by atoms with E-state index in [1.807, 2.05) is 19.1 Å². The van der Waals surface area contributed by atoms with Crippen LogP contribution in [-0.4, -0.2) is 38.0 Å². The third-order valence-electron chi connectivity index (χ3n) is 4.59. The molecule has 2 unspecified atom stereocenters. The first-order valence-electron chi connectivity index (χ1n) is 8.26. The molecule has 1 aliphatic carbocycles. The standard InChI is InChI=1S/C17H23NO4S/c1-2-16(17(19)18-14-8-9-23(20,21)11-14)22-15-7-6-12-4-3-5-13(12)10-15/h6-7,10,14,16H,2-5,8-9,11H2,1H3,(H,18,19). The van der Waals surface area contributed by atoms with Crippen LogP contribution < -0.4 is 10.1 Å². The zero-order valence-corrected chi connectivity index (χ0v) is 14.2. The van der Waals surface area contributed by atoms with Gasteiger partial charge >= 0.3 is 0 Å². The summed E-state index contributed by atoms with van der Waals surface area (Å²) in [5, 5.41) is 2.81. The van der Waals surface area contributed by atoms with E-state index >= 15 is 0 Å². The summed E-state index contributed by atoms with van der Waals surface area (Å²) >= 11 is 0. The van der Waals surface area contributed by atoms with Crippen molar-refractivity contribution in [1.29, 1.82) is 0 Å². The third kappa shape index (κ3) is 3.86. The van der Waals surface area contributed by atoms with Crippen LogP contribution in [0, 0.1) is 0 Å². The second-order valence-corrected chi connectivity index (χ2v) is 8.64. The summed E-state index contributed by atoms with van der Waals surface area (Å²) in [6, 6.07) is 5.73. The molecule has 0 radical (unpaired) electrons. The van der Waals surface area contributed by atoms with Gasteiger partial charge in [-0.25, -0.2) is 8.42 Å². The first kappa shape index (κ1) is 16.3. The minimum atomic E-state index is -2.99. The zero-order chi connectivity index (χ0) is 16.4. The molecule has 1 fully saturated rings. The summed E-state index contributed by atoms with van der Waals surface area (Å²) in [6.07, 6.45) is 3.80. The van der Waals surface area contributed by atoms with Crippen LogP contribution in [-0.2, 0) is 27.5 Å². The van der Waals surface area contributed by atoms with E-state index in [1.54, 1.807) is 0 Å². The monoisotopic (exact) mass is 337 g/mol. The molecule has 1 aromatic rings. The Hall–Kier alpha value is -1.56. The van der Waals surface area contributed by atoms with Gasteiger partial charge in [-0.2, -0.15) is 0 Å². The van der Waals surface area contributed by atoms with Crippen LogP contribution in [0.4, 0.5) is 0 Å². The van der Waals surface area contributed by atoms with Gasteiger partial charge in [0.25, 0.3) is 5.91 Å². The first-order chi connectivity index (χ1) is 11.0. The average Bonchev–Trinajstić information content (AvgIpc) is 3.10. The van der Waals surface area contributed by atoms with Crippen molar-refractivity contribution in [2.75, 3.05) is 11.5 Å². The van der Waals surface area contributed by atoms with Gasteiger partial charge in [0.1, 0.15) is 5.75 Å². The molecule has 3 rings (SSSR count). The van der Waals surface area contributed by atoms with Crippen molar-refractivity contribution in [2.45, 2.75) is 51.2 Å². The average molecular weight is 337 g/mol. The Morgan fingerprint density at radius 2 is 2.13 bits per heavy atom. The van der Waals surface area contributed by atoms with Crippen LogP contribution in [0.1, 0.15) is 37.3 Å². The molecule has 5 nitrogen and oxygen atoms in total. The van der Waals surface area contributed by atoms with Crippen LogP contribution in [0.25, 0.3) is 0 Å². The molecule has 0 aromatic heterocycles. The lowest BCUT2D eigenvalue weighted by Crippen LogP contribution is -2.44. The highest BCUT2D eigenvalue weighted by Gasteiger charge is 2.31. The van der Waals surface area contributed by atoms with Crippen LogP contribution in [0.3, 0.4) is 0 Å². The molecule has 1 amide bonds. The van der Waals surface area contributed by atoms with Crippen LogP contribution in [0.15, 0.2) is 18.2 Å². The first-order valence-corrected chi connectivity index (χ1v) is 10.1. The molecule has 23 heavy (non-hydrogen) atoms. The van der Waals surface area contributed by atoms with Gasteiger partial charge < -0.3 is 10.1 Å². The number of carbonyl (C=O) groups is 1. The topological polar surface area (TPSA) is 72.5 Å². The number of ether oxygens (including phenoxy) is 1. The summed E-state index contributed by atoms with van der Waals surface area (Å²) in [7, 11) is -2.99. The fourth-order valence-electron chi connectivity index (χ4n) is 3.31. The number of nitrogens with one attached hydrogen (secondary N) is 1. The van der Waals surface area contributed by atoms with Gasteiger partial charge in [-0.15, -0.1) is 0 Å². The zero-order valence-electron chi connectivity index (χ0n) is 13.4. The molecule has 2 atom stereocenters. The fourth-order valence-corrected chi connectivity index (χ4v) is 4.98. The largest absolute Gasteiger partial charge is 0.481 e. The molecule has 0 saturated carbocycles. The summed E-state index contributed by atoms with van der Waals surface area (Å²) < 4.78 is 28.8. The third-order valence-corrected chi connectivity index (χ3v) is 6.36. The predicted molar refractivity (Wildman–Crippen MR) is 88.4 cm³/mol. The number of sulfone groups is 1. The Labute approximate surface area is 137 Å². The maximum absolute atomic E-state index is 12.3. The van der Waals surface area contributed by atoms with E-state index in [0.29, 0.717) is 18.6 Å². The molecule has 0 bridgehead atoms. The number of rotatable bonds is 5. The van der Waals surface area contributed by atoms with Crippen LogP contribution >= 0.6 is 0 Å². The second kappa shape index (κ2) is 6.51. The molecule has 1 saturated heterocycles. The van der Waals surface area contributed by atoms with Crippen molar-refractivity contribution in [3.63, 3.8) is 0 Å². The number of benzene rings is 1. The lowest BCUT2D eigenvalue weighted by molar-refractivity contribution is -0.128. The fraction of sp³-hybridized carbons (Fsp3) is 0.588. The normalized spacial score (nSPS) is 23.3. The molecular formula is C17H23NO4S. The molecule has 6 heteroatoms. The Balaban J connectivity index is 1.62. The highest BCUT2D eigenvalue weighted by atomic mass is 32.2. The van der Waals surface area contributed by atoms with E-state index in [-0.39, 0.29) is 23.5 Å². The number of carbonyl (C=O) groups excluding carboxylic acids is 1. The van der Waals surface area contributed by atoms with Gasteiger partial charge in [-0.1, -0.05) is 13.0 Å². The Morgan fingerprint density at radius 3 is 2.83 bits per heavy atom. The number of amides is 1. The quantitative estimate of drug-likeness (QED) is 0.886. The van der Waals surface area contributed by atoms with E-state index in [4.69, 9.17) is 4.74 Å². The highest BCUT2D eigenvalue weighted by Crippen LogP contribution is 2.26. The van der Waals surface area contributed by atoms with E-state index in [2.05, 4.69) is 11.4 Å². The van der Waals surface area contributed by atoms with Crippen molar-refractivity contribution in [2.24, 2.45) is 0 Å². The molecule has 126 valence electrons. The smallest absolute Gasteiger partial charge is 0.261 e. The Kier molecular flexibility index (Phi) is 4.62. The summed E-state index contributed by atoms with van der Waals surface area (Å²) in [5.41, 5.74) is 2.67. The minimum Gasteiger partial charge on any atom is -0.481 e. The molecule has 2 aliphatic rings. The van der Waals surface area contributed by atoms with E-state index in [9.17, 15) is 13.2 Å². The lowest BCUT2D eigenvalue weighted by atomic mass is 10.1. The van der Waals surface area contributed by atoms with Gasteiger partial charge in [0, 0.05) is 6.04 Å². The number of aryl methyl sites for hydroxylation is 2. The number of hydrogen-bond acceptors (Lipinski definition) is 4. The summed E-state index contributed by atoms with van der Waals surface area (Å²) in [6.45, 7) is 1.89. The summed E-state index contributed by atoms with van der Waals surface area (Å²) in [5.74, 6) is 0.677. The van der Waals surface area contributed by atoms with Crippen molar-refractivity contribution in [3.8, 4) is 5.75 Å². The van der Waals surface area contributed by atoms with Gasteiger partial charge in [-0.3, -0.25) is 4.79 Å². The highest BCUT2D eigenvalue weighted by molar-refractivity contribution is 7.91. The van der Waals surface area contributed by atoms with E-state index in [1.165, 1.54) is 17.5 Å². The molecule has 1 aromatic carbocycles. The van der Waals surface area contributed by atoms with Crippen molar-refractivity contribution in [3.05, 3.63) is 29.3 Å². The maximum atomic E-state index is 12.3. The van der Waals surface area contributed by atoms with E-state index < -0.39 is 15.9 Å². The lowest BCUT2D eigenvalue weighted by Gasteiger charge is -2.20. The Bertz CT molecular complexity index is 699. The second-order valence-electron chi connectivity index (χ2n) is 6.41.